The van der Waals surface area contributed by atoms with Crippen molar-refractivity contribution in [1.82, 2.24) is 5.43 Å². The number of benzene rings is 2. The van der Waals surface area contributed by atoms with Gasteiger partial charge < -0.3 is 14.9 Å². The quantitative estimate of drug-likeness (QED) is 0.401. The summed E-state index contributed by atoms with van der Waals surface area (Å²) in [5.74, 6) is -1.49. The third-order valence-corrected chi connectivity index (χ3v) is 3.41. The molecule has 0 saturated heterocycles. The van der Waals surface area contributed by atoms with Crippen LogP contribution in [0.5, 0.6) is 17.2 Å². The van der Waals surface area contributed by atoms with Crippen molar-refractivity contribution < 1.29 is 24.7 Å². The van der Waals surface area contributed by atoms with Gasteiger partial charge in [-0.15, -0.1) is 0 Å². The molecule has 0 aliphatic heterocycles. The number of hydrazone groups is 1. The highest BCUT2D eigenvalue weighted by atomic mass is 35.5. The monoisotopic (exact) mass is 379 g/mol. The number of rotatable bonds is 6. The second-order valence-corrected chi connectivity index (χ2v) is 5.37. The Labute approximate surface area is 152 Å². The van der Waals surface area contributed by atoms with E-state index in [1.54, 1.807) is 6.92 Å². The first-order valence-corrected chi connectivity index (χ1v) is 7.67. The second-order valence-electron chi connectivity index (χ2n) is 4.93. The van der Waals surface area contributed by atoms with Crippen molar-refractivity contribution in [1.29, 1.82) is 0 Å². The van der Waals surface area contributed by atoms with E-state index in [0.717, 1.165) is 18.3 Å². The smallest absolute Gasteiger partial charge is 0.275 e. The van der Waals surface area contributed by atoms with Crippen molar-refractivity contribution in [2.75, 3.05) is 6.61 Å². The molecule has 10 heteroatoms. The average molecular weight is 380 g/mol. The Kier molecular flexibility index (Phi) is 5.97. The van der Waals surface area contributed by atoms with Crippen molar-refractivity contribution in [3.05, 3.63) is 56.6 Å². The summed E-state index contributed by atoms with van der Waals surface area (Å²) in [6.45, 7) is 1.85. The molecule has 0 fully saturated rings. The number of carbonyl (C=O) groups excluding carboxylic acids is 1. The molecule has 2 rings (SSSR count). The van der Waals surface area contributed by atoms with Gasteiger partial charge in [-0.3, -0.25) is 14.9 Å². The molecule has 0 bridgehead atoms. The van der Waals surface area contributed by atoms with E-state index >= 15 is 0 Å². The molecule has 0 aromatic heterocycles. The first-order chi connectivity index (χ1) is 12.3. The highest BCUT2D eigenvalue weighted by Crippen LogP contribution is 2.33. The Morgan fingerprint density at radius 2 is 2.12 bits per heavy atom. The lowest BCUT2D eigenvalue weighted by Gasteiger charge is -2.08. The second kappa shape index (κ2) is 8.17. The number of hydrogen-bond acceptors (Lipinski definition) is 7. The van der Waals surface area contributed by atoms with Gasteiger partial charge in [-0.05, 0) is 25.1 Å². The van der Waals surface area contributed by atoms with Gasteiger partial charge in [0.1, 0.15) is 5.75 Å². The van der Waals surface area contributed by atoms with Gasteiger partial charge in [-0.2, -0.15) is 5.10 Å². The Hall–Kier alpha value is -3.33. The minimum absolute atomic E-state index is 0.0294. The van der Waals surface area contributed by atoms with E-state index in [4.69, 9.17) is 16.3 Å². The maximum Gasteiger partial charge on any atom is 0.275 e. The molecule has 3 N–H and O–H groups in total. The predicted molar refractivity (Wildman–Crippen MR) is 94.1 cm³/mol. The maximum atomic E-state index is 12.0. The lowest BCUT2D eigenvalue weighted by molar-refractivity contribution is -0.385. The molecule has 0 radical (unpaired) electrons. The molecule has 136 valence electrons. The number of halogens is 1. The van der Waals surface area contributed by atoms with Gasteiger partial charge in [0.05, 0.1) is 29.4 Å². The van der Waals surface area contributed by atoms with Crippen LogP contribution in [0.3, 0.4) is 0 Å². The van der Waals surface area contributed by atoms with Crippen LogP contribution in [-0.2, 0) is 0 Å². The zero-order valence-corrected chi connectivity index (χ0v) is 14.2. The average Bonchev–Trinajstić information content (AvgIpc) is 2.59. The number of amides is 1. The number of ether oxygens (including phenoxy) is 1. The molecule has 9 nitrogen and oxygen atoms in total. The standard InChI is InChI=1S/C16H14ClN3O6/c1-2-26-14-7-11(20(24)25)5-9(15(14)22)8-18-19-16(23)12-6-10(17)3-4-13(12)21/h3-8,21-22H,2H2,1H3,(H,19,23). The van der Waals surface area contributed by atoms with E-state index in [-0.39, 0.29) is 45.7 Å². The summed E-state index contributed by atoms with van der Waals surface area (Å²) in [6, 6.07) is 6.07. The van der Waals surface area contributed by atoms with Crippen LogP contribution < -0.4 is 10.2 Å². The van der Waals surface area contributed by atoms with Crippen molar-refractivity contribution >= 4 is 29.4 Å². The van der Waals surface area contributed by atoms with Crippen LogP contribution in [0.15, 0.2) is 35.4 Å². The predicted octanol–water partition coefficient (Wildman–Crippen LogP) is 2.82. The van der Waals surface area contributed by atoms with Gasteiger partial charge in [-0.1, -0.05) is 11.6 Å². The first-order valence-electron chi connectivity index (χ1n) is 7.29. The molecule has 0 saturated carbocycles. The molecule has 0 aliphatic rings. The number of phenolic OH excluding ortho intramolecular Hbond substituents is 2. The van der Waals surface area contributed by atoms with Crippen molar-refractivity contribution in [3.63, 3.8) is 0 Å². The minimum atomic E-state index is -0.754. The van der Waals surface area contributed by atoms with E-state index in [0.29, 0.717) is 0 Å². The Morgan fingerprint density at radius 1 is 1.38 bits per heavy atom. The number of nitro groups is 1. The lowest BCUT2D eigenvalue weighted by atomic mass is 10.1. The topological polar surface area (TPSA) is 134 Å². The van der Waals surface area contributed by atoms with Gasteiger partial charge in [0.15, 0.2) is 11.5 Å². The number of carbonyl (C=O) groups is 1. The molecular formula is C16H14ClN3O6. The summed E-state index contributed by atoms with van der Waals surface area (Å²) < 4.78 is 5.14. The molecule has 0 atom stereocenters. The fourth-order valence-corrected chi connectivity index (χ4v) is 2.17. The van der Waals surface area contributed by atoms with Crippen LogP contribution in [0.2, 0.25) is 5.02 Å². The van der Waals surface area contributed by atoms with E-state index in [1.165, 1.54) is 18.2 Å². The first kappa shape index (κ1) is 19.0. The van der Waals surface area contributed by atoms with E-state index in [1.807, 2.05) is 0 Å². The largest absolute Gasteiger partial charge is 0.507 e. The van der Waals surface area contributed by atoms with Crippen LogP contribution in [-0.4, -0.2) is 33.9 Å². The summed E-state index contributed by atoms with van der Waals surface area (Å²) in [7, 11) is 0. The van der Waals surface area contributed by atoms with E-state index < -0.39 is 10.8 Å². The van der Waals surface area contributed by atoms with Gasteiger partial charge in [-0.25, -0.2) is 5.43 Å². The fraction of sp³-hybridized carbons (Fsp3) is 0.125. The Bertz CT molecular complexity index is 885. The third-order valence-electron chi connectivity index (χ3n) is 3.17. The normalized spacial score (nSPS) is 10.7. The number of nitro benzene ring substituents is 1. The molecule has 26 heavy (non-hydrogen) atoms. The van der Waals surface area contributed by atoms with Crippen molar-refractivity contribution in [2.45, 2.75) is 6.92 Å². The summed E-state index contributed by atoms with van der Waals surface area (Å²) in [5, 5.41) is 34.6. The number of phenols is 2. The van der Waals surface area contributed by atoms with Gasteiger partial charge in [0, 0.05) is 16.7 Å². The molecule has 2 aromatic rings. The summed E-state index contributed by atoms with van der Waals surface area (Å²) in [6.07, 6.45) is 1.02. The summed E-state index contributed by atoms with van der Waals surface area (Å²) >= 11 is 5.77. The number of non-ortho nitro benzene ring substituents is 1. The van der Waals surface area contributed by atoms with Gasteiger partial charge in [0.25, 0.3) is 11.6 Å². The highest BCUT2D eigenvalue weighted by molar-refractivity contribution is 6.31. The zero-order chi connectivity index (χ0) is 19.3. The fourth-order valence-electron chi connectivity index (χ4n) is 1.99. The highest BCUT2D eigenvalue weighted by Gasteiger charge is 2.16. The number of nitrogens with zero attached hydrogens (tertiary/aromatic N) is 2. The van der Waals surface area contributed by atoms with Crippen molar-refractivity contribution in [3.8, 4) is 17.2 Å². The molecular weight excluding hydrogens is 366 g/mol. The number of nitrogens with one attached hydrogen (secondary N) is 1. The Balaban J connectivity index is 2.25. The summed E-state index contributed by atoms with van der Waals surface area (Å²) in [4.78, 5) is 22.3. The molecule has 2 aromatic carbocycles. The van der Waals surface area contributed by atoms with Crippen LogP contribution in [0.25, 0.3) is 0 Å². The van der Waals surface area contributed by atoms with Crippen LogP contribution >= 0.6 is 11.6 Å². The summed E-state index contributed by atoms with van der Waals surface area (Å²) in [5.41, 5.74) is 1.69. The SMILES string of the molecule is CCOc1cc([N+](=O)[O-])cc(C=NNC(=O)c2cc(Cl)ccc2O)c1O. The Morgan fingerprint density at radius 3 is 2.77 bits per heavy atom. The molecule has 0 unspecified atom stereocenters. The van der Waals surface area contributed by atoms with E-state index in [9.17, 15) is 25.1 Å². The minimum Gasteiger partial charge on any atom is -0.507 e. The molecule has 0 heterocycles. The van der Waals surface area contributed by atoms with Gasteiger partial charge >= 0.3 is 0 Å². The van der Waals surface area contributed by atoms with Crippen LogP contribution in [0.1, 0.15) is 22.8 Å². The maximum absolute atomic E-state index is 12.0. The third kappa shape index (κ3) is 4.39. The molecule has 0 aliphatic carbocycles. The number of hydrogen-bond donors (Lipinski definition) is 3. The van der Waals surface area contributed by atoms with Crippen molar-refractivity contribution in [2.24, 2.45) is 5.10 Å². The molecule has 0 spiro atoms. The lowest BCUT2D eigenvalue weighted by Crippen LogP contribution is -2.17. The van der Waals surface area contributed by atoms with E-state index in [2.05, 4.69) is 10.5 Å². The number of aromatic hydroxyl groups is 2. The van der Waals surface area contributed by atoms with Crippen LogP contribution in [0.4, 0.5) is 5.69 Å². The zero-order valence-electron chi connectivity index (χ0n) is 13.5. The van der Waals surface area contributed by atoms with Crippen LogP contribution in [0, 0.1) is 10.1 Å². The van der Waals surface area contributed by atoms with Gasteiger partial charge in [0.2, 0.25) is 0 Å². The molecule has 1 amide bonds.